The zero-order valence-corrected chi connectivity index (χ0v) is 13.5. The van der Waals surface area contributed by atoms with Crippen LogP contribution < -0.4 is 10.6 Å². The summed E-state index contributed by atoms with van der Waals surface area (Å²) in [5, 5.41) is 6.19. The normalized spacial score (nSPS) is 18.9. The third-order valence-electron chi connectivity index (χ3n) is 3.66. The van der Waals surface area contributed by atoms with Crippen LogP contribution in [0, 0.1) is 0 Å². The monoisotopic (exact) mass is 326 g/mol. The lowest BCUT2D eigenvalue weighted by molar-refractivity contribution is 0.0930. The van der Waals surface area contributed by atoms with Crippen molar-refractivity contribution in [2.75, 3.05) is 32.6 Å². The van der Waals surface area contributed by atoms with Crippen molar-refractivity contribution in [3.8, 4) is 0 Å². The van der Waals surface area contributed by atoms with Crippen molar-refractivity contribution < 1.29 is 17.9 Å². The van der Waals surface area contributed by atoms with Crippen molar-refractivity contribution in [2.45, 2.75) is 23.8 Å². The second-order valence-electron chi connectivity index (χ2n) is 5.35. The summed E-state index contributed by atoms with van der Waals surface area (Å²) in [6.07, 6.45) is 2.00. The molecule has 1 heterocycles. The fourth-order valence-electron chi connectivity index (χ4n) is 2.37. The first-order valence-electron chi connectivity index (χ1n) is 7.36. The molecular formula is C15H22N2O4S. The second kappa shape index (κ2) is 7.71. The van der Waals surface area contributed by atoms with Crippen LogP contribution in [-0.2, 0) is 14.6 Å². The molecule has 1 aromatic rings. The van der Waals surface area contributed by atoms with Gasteiger partial charge >= 0.3 is 0 Å². The topological polar surface area (TPSA) is 84.5 Å². The molecule has 0 aliphatic carbocycles. The second-order valence-corrected chi connectivity index (χ2v) is 7.46. The Morgan fingerprint density at radius 3 is 2.68 bits per heavy atom. The lowest BCUT2D eigenvalue weighted by atomic mass is 10.1. The SMILES string of the molecule is COCCS(=O)(=O)c1ccc(C(=O)N[C@H]2CCCNC2)cc1. The molecule has 122 valence electrons. The maximum absolute atomic E-state index is 12.1. The Hall–Kier alpha value is -1.44. The largest absolute Gasteiger partial charge is 0.384 e. The number of hydrogen-bond donors (Lipinski definition) is 2. The van der Waals surface area contributed by atoms with Crippen LogP contribution in [0.5, 0.6) is 0 Å². The fraction of sp³-hybridized carbons (Fsp3) is 0.533. The highest BCUT2D eigenvalue weighted by atomic mass is 32.2. The number of sulfone groups is 1. The van der Waals surface area contributed by atoms with E-state index in [1.54, 1.807) is 12.1 Å². The van der Waals surface area contributed by atoms with Crippen molar-refractivity contribution in [1.29, 1.82) is 0 Å². The molecule has 1 amide bonds. The molecule has 1 atom stereocenters. The van der Waals surface area contributed by atoms with Crippen LogP contribution in [0.4, 0.5) is 0 Å². The molecule has 1 fully saturated rings. The Balaban J connectivity index is 2.00. The molecule has 0 saturated carbocycles. The van der Waals surface area contributed by atoms with Gasteiger partial charge in [0.15, 0.2) is 9.84 Å². The Kier molecular flexibility index (Phi) is 5.93. The van der Waals surface area contributed by atoms with Gasteiger partial charge in [-0.15, -0.1) is 0 Å². The van der Waals surface area contributed by atoms with Crippen molar-refractivity contribution in [2.24, 2.45) is 0 Å². The minimum Gasteiger partial charge on any atom is -0.384 e. The van der Waals surface area contributed by atoms with E-state index in [9.17, 15) is 13.2 Å². The van der Waals surface area contributed by atoms with Gasteiger partial charge in [-0.25, -0.2) is 8.42 Å². The number of piperidine rings is 1. The number of hydrogen-bond acceptors (Lipinski definition) is 5. The molecule has 2 rings (SSSR count). The van der Waals surface area contributed by atoms with Crippen molar-refractivity contribution >= 4 is 15.7 Å². The summed E-state index contributed by atoms with van der Waals surface area (Å²) >= 11 is 0. The predicted molar refractivity (Wildman–Crippen MR) is 83.7 cm³/mol. The van der Waals surface area contributed by atoms with E-state index in [0.29, 0.717) is 5.56 Å². The van der Waals surface area contributed by atoms with Gasteiger partial charge in [0.25, 0.3) is 5.91 Å². The summed E-state index contributed by atoms with van der Waals surface area (Å²) in [5.74, 6) is -0.238. The lowest BCUT2D eigenvalue weighted by Gasteiger charge is -2.23. The van der Waals surface area contributed by atoms with Crippen molar-refractivity contribution in [3.05, 3.63) is 29.8 Å². The molecule has 1 aliphatic rings. The summed E-state index contributed by atoms with van der Waals surface area (Å²) < 4.78 is 28.8. The number of methoxy groups -OCH3 is 1. The van der Waals surface area contributed by atoms with Crippen molar-refractivity contribution in [3.63, 3.8) is 0 Å². The summed E-state index contributed by atoms with van der Waals surface area (Å²) in [4.78, 5) is 12.3. The lowest BCUT2D eigenvalue weighted by Crippen LogP contribution is -2.45. The van der Waals surface area contributed by atoms with E-state index in [2.05, 4.69) is 10.6 Å². The summed E-state index contributed by atoms with van der Waals surface area (Å²) in [7, 11) is -1.90. The molecule has 6 nitrogen and oxygen atoms in total. The number of nitrogens with one attached hydrogen (secondary N) is 2. The first kappa shape index (κ1) is 16.9. The van der Waals surface area contributed by atoms with Crippen LogP contribution in [0.1, 0.15) is 23.2 Å². The van der Waals surface area contributed by atoms with Crippen LogP contribution in [0.3, 0.4) is 0 Å². The molecule has 0 bridgehead atoms. The van der Waals surface area contributed by atoms with Crippen LogP contribution in [0.15, 0.2) is 29.2 Å². The van der Waals surface area contributed by atoms with Crippen LogP contribution in [-0.4, -0.2) is 52.9 Å². The van der Waals surface area contributed by atoms with E-state index in [1.807, 2.05) is 0 Å². The first-order valence-corrected chi connectivity index (χ1v) is 9.01. The van der Waals surface area contributed by atoms with Gasteiger partial charge in [-0.1, -0.05) is 0 Å². The highest BCUT2D eigenvalue weighted by Crippen LogP contribution is 2.13. The maximum atomic E-state index is 12.1. The number of benzene rings is 1. The Bertz CT molecular complexity index is 592. The van der Waals surface area contributed by atoms with Crippen LogP contribution >= 0.6 is 0 Å². The average molecular weight is 326 g/mol. The van der Waals surface area contributed by atoms with E-state index in [0.717, 1.165) is 25.9 Å². The molecule has 7 heteroatoms. The highest BCUT2D eigenvalue weighted by Gasteiger charge is 2.18. The Morgan fingerprint density at radius 1 is 1.36 bits per heavy atom. The summed E-state index contributed by atoms with van der Waals surface area (Å²) in [6, 6.07) is 6.17. The fourth-order valence-corrected chi connectivity index (χ4v) is 3.54. The first-order chi connectivity index (χ1) is 10.5. The molecule has 0 radical (unpaired) electrons. The molecule has 1 aromatic carbocycles. The molecule has 2 N–H and O–H groups in total. The minimum absolute atomic E-state index is 0.0667. The van der Waals surface area contributed by atoms with E-state index in [4.69, 9.17) is 4.74 Å². The predicted octanol–water partition coefficient (Wildman–Crippen LogP) is 0.589. The molecule has 0 aromatic heterocycles. The van der Waals surface area contributed by atoms with Gasteiger partial charge in [-0.2, -0.15) is 0 Å². The standard InChI is InChI=1S/C15H22N2O4S/c1-21-9-10-22(19,20)14-6-4-12(5-7-14)15(18)17-13-3-2-8-16-11-13/h4-7,13,16H,2-3,8-11H2,1H3,(H,17,18)/t13-/m0/s1. The van der Waals surface area contributed by atoms with Gasteiger partial charge in [0.2, 0.25) is 0 Å². The average Bonchev–Trinajstić information content (AvgIpc) is 2.54. The highest BCUT2D eigenvalue weighted by molar-refractivity contribution is 7.91. The van der Waals surface area contributed by atoms with Gasteiger partial charge in [0, 0.05) is 25.3 Å². The van der Waals surface area contributed by atoms with Crippen LogP contribution in [0.25, 0.3) is 0 Å². The number of amides is 1. The molecule has 0 unspecified atom stereocenters. The molecule has 0 spiro atoms. The zero-order valence-electron chi connectivity index (χ0n) is 12.7. The van der Waals surface area contributed by atoms with Gasteiger partial charge in [0.05, 0.1) is 17.3 Å². The Labute approximate surface area is 131 Å². The maximum Gasteiger partial charge on any atom is 0.251 e. The number of carbonyl (C=O) groups is 1. The smallest absolute Gasteiger partial charge is 0.251 e. The van der Waals surface area contributed by atoms with Gasteiger partial charge < -0.3 is 15.4 Å². The molecule has 1 saturated heterocycles. The third-order valence-corrected chi connectivity index (χ3v) is 5.36. The number of ether oxygens (including phenoxy) is 1. The van der Waals surface area contributed by atoms with Gasteiger partial charge in [-0.3, -0.25) is 4.79 Å². The molecule has 22 heavy (non-hydrogen) atoms. The van der Waals surface area contributed by atoms with Crippen LogP contribution in [0.2, 0.25) is 0 Å². The summed E-state index contributed by atoms with van der Waals surface area (Å²) in [5.41, 5.74) is 0.469. The van der Waals surface area contributed by atoms with E-state index >= 15 is 0 Å². The molecule has 1 aliphatic heterocycles. The minimum atomic E-state index is -3.36. The third kappa shape index (κ3) is 4.53. The molecular weight excluding hydrogens is 304 g/mol. The summed E-state index contributed by atoms with van der Waals surface area (Å²) in [6.45, 7) is 1.91. The number of carbonyl (C=O) groups excluding carboxylic acids is 1. The number of rotatable bonds is 6. The Morgan fingerprint density at radius 2 is 2.09 bits per heavy atom. The van der Waals surface area contributed by atoms with E-state index < -0.39 is 9.84 Å². The van der Waals surface area contributed by atoms with E-state index in [1.165, 1.54) is 19.2 Å². The van der Waals surface area contributed by atoms with E-state index in [-0.39, 0.29) is 29.2 Å². The van der Waals surface area contributed by atoms with Crippen molar-refractivity contribution in [1.82, 2.24) is 10.6 Å². The quantitative estimate of drug-likeness (QED) is 0.799. The zero-order chi connectivity index (χ0) is 16.0. The van der Waals surface area contributed by atoms with Gasteiger partial charge in [-0.05, 0) is 43.7 Å². The van der Waals surface area contributed by atoms with Gasteiger partial charge in [0.1, 0.15) is 0 Å².